The van der Waals surface area contributed by atoms with Crippen LogP contribution in [0.2, 0.25) is 5.02 Å². The Labute approximate surface area is 161 Å². The van der Waals surface area contributed by atoms with E-state index in [2.05, 4.69) is 4.90 Å². The van der Waals surface area contributed by atoms with Crippen molar-refractivity contribution in [3.8, 4) is 11.4 Å². The lowest BCUT2D eigenvalue weighted by molar-refractivity contribution is 0.122. The van der Waals surface area contributed by atoms with Crippen LogP contribution in [0.25, 0.3) is 21.6 Å². The van der Waals surface area contributed by atoms with Gasteiger partial charge in [-0.15, -0.1) is 11.3 Å². The monoisotopic (exact) mass is 385 g/mol. The molecule has 26 heavy (non-hydrogen) atoms. The van der Waals surface area contributed by atoms with E-state index in [1.54, 1.807) is 0 Å². The molecule has 4 nitrogen and oxygen atoms in total. The molecule has 3 heterocycles. The van der Waals surface area contributed by atoms with Gasteiger partial charge in [-0.1, -0.05) is 11.6 Å². The second-order valence-corrected chi connectivity index (χ2v) is 8.39. The first-order valence-corrected chi connectivity index (χ1v) is 10.4. The first kappa shape index (κ1) is 16.5. The zero-order chi connectivity index (χ0) is 17.5. The van der Waals surface area contributed by atoms with Gasteiger partial charge in [-0.25, -0.2) is 9.97 Å². The number of morpholine rings is 1. The summed E-state index contributed by atoms with van der Waals surface area (Å²) in [6.07, 6.45) is 4.87. The molecule has 1 aliphatic carbocycles. The lowest BCUT2D eigenvalue weighted by Gasteiger charge is -2.29. The van der Waals surface area contributed by atoms with Gasteiger partial charge < -0.3 is 9.64 Å². The summed E-state index contributed by atoms with van der Waals surface area (Å²) in [6.45, 7) is 3.29. The van der Waals surface area contributed by atoms with E-state index >= 15 is 0 Å². The summed E-state index contributed by atoms with van der Waals surface area (Å²) in [6, 6.07) is 7.80. The molecule has 0 unspecified atom stereocenters. The molecule has 0 atom stereocenters. The zero-order valence-corrected chi connectivity index (χ0v) is 16.1. The number of benzene rings is 1. The number of ether oxygens (including phenoxy) is 1. The van der Waals surface area contributed by atoms with Crippen molar-refractivity contribution in [2.75, 3.05) is 31.2 Å². The molecule has 0 amide bonds. The maximum absolute atomic E-state index is 6.05. The highest BCUT2D eigenvalue weighted by atomic mass is 35.5. The largest absolute Gasteiger partial charge is 0.378 e. The molecule has 1 aromatic carbocycles. The van der Waals surface area contributed by atoms with Crippen LogP contribution in [0.3, 0.4) is 0 Å². The van der Waals surface area contributed by atoms with Gasteiger partial charge in [0.25, 0.3) is 0 Å². The Bertz CT molecular complexity index is 948. The van der Waals surface area contributed by atoms with Crippen molar-refractivity contribution >= 4 is 39.0 Å². The summed E-state index contributed by atoms with van der Waals surface area (Å²) >= 11 is 7.91. The van der Waals surface area contributed by atoms with Crippen LogP contribution in [0.15, 0.2) is 24.3 Å². The summed E-state index contributed by atoms with van der Waals surface area (Å²) in [5.74, 6) is 1.87. The number of rotatable bonds is 2. The van der Waals surface area contributed by atoms with E-state index in [-0.39, 0.29) is 0 Å². The minimum absolute atomic E-state index is 0.731. The molecular formula is C20H20ClN3OS. The van der Waals surface area contributed by atoms with E-state index in [9.17, 15) is 0 Å². The van der Waals surface area contributed by atoms with Crippen molar-refractivity contribution in [2.45, 2.75) is 25.7 Å². The van der Waals surface area contributed by atoms with E-state index in [0.29, 0.717) is 0 Å². The average molecular weight is 386 g/mol. The van der Waals surface area contributed by atoms with Crippen LogP contribution in [-0.4, -0.2) is 36.3 Å². The molecule has 0 spiro atoms. The van der Waals surface area contributed by atoms with Crippen molar-refractivity contribution in [3.63, 3.8) is 0 Å². The van der Waals surface area contributed by atoms with Gasteiger partial charge in [-0.3, -0.25) is 0 Å². The topological polar surface area (TPSA) is 38.2 Å². The summed E-state index contributed by atoms with van der Waals surface area (Å²) in [7, 11) is 0. The average Bonchev–Trinajstić information content (AvgIpc) is 3.07. The first-order valence-electron chi connectivity index (χ1n) is 9.20. The number of hydrogen-bond acceptors (Lipinski definition) is 5. The fraction of sp³-hybridized carbons (Fsp3) is 0.400. The normalized spacial score (nSPS) is 17.5. The van der Waals surface area contributed by atoms with Crippen LogP contribution < -0.4 is 4.90 Å². The Kier molecular flexibility index (Phi) is 4.31. The van der Waals surface area contributed by atoms with Gasteiger partial charge in [0.15, 0.2) is 5.82 Å². The van der Waals surface area contributed by atoms with Gasteiger partial charge in [0, 0.05) is 28.6 Å². The molecular weight excluding hydrogens is 366 g/mol. The summed E-state index contributed by atoms with van der Waals surface area (Å²) in [5, 5.41) is 2.01. The molecule has 6 heteroatoms. The number of aryl methyl sites for hydroxylation is 2. The molecule has 3 aromatic rings. The summed E-state index contributed by atoms with van der Waals surface area (Å²) in [4.78, 5) is 15.0. The lowest BCUT2D eigenvalue weighted by Crippen LogP contribution is -2.37. The Hall–Kier alpha value is -1.69. The number of hydrogen-bond donors (Lipinski definition) is 0. The first-order chi connectivity index (χ1) is 12.8. The number of thiophene rings is 1. The van der Waals surface area contributed by atoms with E-state index in [1.807, 2.05) is 35.6 Å². The van der Waals surface area contributed by atoms with Crippen molar-refractivity contribution in [3.05, 3.63) is 39.7 Å². The van der Waals surface area contributed by atoms with Crippen LogP contribution in [0.5, 0.6) is 0 Å². The highest BCUT2D eigenvalue weighted by Gasteiger charge is 2.25. The van der Waals surface area contributed by atoms with Crippen LogP contribution >= 0.6 is 22.9 Å². The molecule has 0 radical (unpaired) electrons. The molecule has 0 saturated carbocycles. The summed E-state index contributed by atoms with van der Waals surface area (Å²) in [5.41, 5.74) is 2.50. The van der Waals surface area contributed by atoms with Crippen molar-refractivity contribution in [1.29, 1.82) is 0 Å². The van der Waals surface area contributed by atoms with Crippen molar-refractivity contribution in [1.82, 2.24) is 9.97 Å². The number of fused-ring (bicyclic) bond motifs is 3. The molecule has 2 aliphatic rings. The Balaban J connectivity index is 1.71. The van der Waals surface area contributed by atoms with Crippen LogP contribution in [0, 0.1) is 0 Å². The molecule has 0 bridgehead atoms. The quantitative estimate of drug-likeness (QED) is 0.639. The van der Waals surface area contributed by atoms with Crippen LogP contribution in [-0.2, 0) is 17.6 Å². The fourth-order valence-corrected chi connectivity index (χ4v) is 5.25. The van der Waals surface area contributed by atoms with E-state index in [4.69, 9.17) is 26.3 Å². The maximum Gasteiger partial charge on any atom is 0.163 e. The van der Waals surface area contributed by atoms with Gasteiger partial charge in [0.05, 0.1) is 18.6 Å². The molecule has 1 aliphatic heterocycles. The molecule has 134 valence electrons. The predicted molar refractivity (Wildman–Crippen MR) is 108 cm³/mol. The van der Waals surface area contributed by atoms with Gasteiger partial charge in [-0.05, 0) is 55.5 Å². The smallest absolute Gasteiger partial charge is 0.163 e. The van der Waals surface area contributed by atoms with E-state index in [0.717, 1.165) is 59.8 Å². The maximum atomic E-state index is 6.05. The predicted octanol–water partition coefficient (Wildman–Crippen LogP) is 4.73. The van der Waals surface area contributed by atoms with Gasteiger partial charge in [0.2, 0.25) is 0 Å². The number of halogens is 1. The highest BCUT2D eigenvalue weighted by molar-refractivity contribution is 7.19. The van der Waals surface area contributed by atoms with Crippen LogP contribution in [0.4, 0.5) is 5.82 Å². The number of aromatic nitrogens is 2. The SMILES string of the molecule is Clc1ccc(-c2nc(N3CCOCC3)c3c4c(sc3n2)CCCC4)cc1. The lowest BCUT2D eigenvalue weighted by atomic mass is 9.97. The minimum Gasteiger partial charge on any atom is -0.378 e. The standard InChI is InChI=1S/C20H20ClN3OS/c21-14-7-5-13(6-8-14)18-22-19(24-9-11-25-12-10-24)17-15-3-1-2-4-16(15)26-20(17)23-18/h5-8H,1-4,9-12H2. The van der Waals surface area contributed by atoms with Crippen LogP contribution in [0.1, 0.15) is 23.3 Å². The molecule has 2 aromatic heterocycles. The third-order valence-corrected chi connectivity index (χ3v) is 6.65. The third kappa shape index (κ3) is 2.88. The highest BCUT2D eigenvalue weighted by Crippen LogP contribution is 2.41. The minimum atomic E-state index is 0.731. The van der Waals surface area contributed by atoms with Crippen molar-refractivity contribution < 1.29 is 4.74 Å². The summed E-state index contributed by atoms with van der Waals surface area (Å²) < 4.78 is 5.56. The zero-order valence-electron chi connectivity index (χ0n) is 14.5. The van der Waals surface area contributed by atoms with Gasteiger partial charge >= 0.3 is 0 Å². The second-order valence-electron chi connectivity index (χ2n) is 6.87. The number of nitrogens with zero attached hydrogens (tertiary/aromatic N) is 3. The second kappa shape index (κ2) is 6.80. The van der Waals surface area contributed by atoms with Crippen molar-refractivity contribution in [2.24, 2.45) is 0 Å². The third-order valence-electron chi connectivity index (χ3n) is 5.21. The fourth-order valence-electron chi connectivity index (χ4n) is 3.87. The van der Waals surface area contributed by atoms with Gasteiger partial charge in [0.1, 0.15) is 10.6 Å². The molecule has 1 fully saturated rings. The Morgan fingerprint density at radius 1 is 1.00 bits per heavy atom. The Morgan fingerprint density at radius 3 is 2.58 bits per heavy atom. The van der Waals surface area contributed by atoms with Gasteiger partial charge in [-0.2, -0.15) is 0 Å². The van der Waals surface area contributed by atoms with E-state index in [1.165, 1.54) is 35.1 Å². The molecule has 1 saturated heterocycles. The Morgan fingerprint density at radius 2 is 1.77 bits per heavy atom. The molecule has 5 rings (SSSR count). The number of anilines is 1. The van der Waals surface area contributed by atoms with E-state index < -0.39 is 0 Å². The molecule has 0 N–H and O–H groups in total.